The Balaban J connectivity index is 2.54. The van der Waals surface area contributed by atoms with Crippen molar-refractivity contribution in [2.75, 3.05) is 30.1 Å². The zero-order chi connectivity index (χ0) is 13.1. The number of halogens is 1. The molecule has 0 aliphatic carbocycles. The van der Waals surface area contributed by atoms with E-state index in [1.54, 1.807) is 23.1 Å². The first-order valence-corrected chi connectivity index (χ1v) is 8.46. The molecule has 0 fully saturated rings. The molecule has 3 nitrogen and oxygen atoms in total. The zero-order valence-electron chi connectivity index (χ0n) is 11.0. The molecule has 1 rings (SSSR count). The van der Waals surface area contributed by atoms with E-state index in [0.29, 0.717) is 11.3 Å². The number of anilines is 1. The lowest BCUT2D eigenvalue weighted by Gasteiger charge is -2.28. The van der Waals surface area contributed by atoms with Crippen LogP contribution >= 0.6 is 39.0 Å². The van der Waals surface area contributed by atoms with E-state index in [9.17, 15) is 0 Å². The number of thioether (sulfide) groups is 1. The molecule has 0 amide bonds. The summed E-state index contributed by atoms with van der Waals surface area (Å²) in [6.45, 7) is 6.85. The fourth-order valence-electron chi connectivity index (χ4n) is 1.14. The highest BCUT2D eigenvalue weighted by Crippen LogP contribution is 2.34. The quantitative estimate of drug-likeness (QED) is 0.604. The van der Waals surface area contributed by atoms with Crippen molar-refractivity contribution in [3.05, 3.63) is 0 Å². The highest BCUT2D eigenvalue weighted by atomic mass is 79.9. The Labute approximate surface area is 121 Å². The van der Waals surface area contributed by atoms with Gasteiger partial charge >= 0.3 is 0 Å². The summed E-state index contributed by atoms with van der Waals surface area (Å²) >= 11 is 7.06. The van der Waals surface area contributed by atoms with Crippen molar-refractivity contribution in [2.45, 2.75) is 25.1 Å². The van der Waals surface area contributed by atoms with Crippen molar-refractivity contribution < 1.29 is 0 Å². The molecule has 98 valence electrons. The lowest BCUT2D eigenvalue weighted by Crippen LogP contribution is -2.23. The average molecular weight is 338 g/mol. The van der Waals surface area contributed by atoms with E-state index in [0.717, 1.165) is 20.6 Å². The number of hydrogen-bond donors (Lipinski definition) is 0. The minimum atomic E-state index is 0.325. The number of hydrogen-bond acceptors (Lipinski definition) is 5. The molecule has 0 radical (unpaired) electrons. The topological polar surface area (TPSA) is 29.0 Å². The van der Waals surface area contributed by atoms with E-state index in [2.05, 4.69) is 46.9 Å². The first-order chi connectivity index (χ1) is 7.84. The number of aromatic nitrogens is 2. The lowest BCUT2D eigenvalue weighted by atomic mass is 9.83. The second kappa shape index (κ2) is 6.38. The Bertz CT molecular complexity index is 347. The minimum Gasteiger partial charge on any atom is -0.353 e. The normalized spacial score (nSPS) is 13.8. The van der Waals surface area contributed by atoms with Crippen LogP contribution < -0.4 is 4.90 Å². The molecule has 0 saturated heterocycles. The third-order valence-electron chi connectivity index (χ3n) is 2.60. The molecule has 1 aromatic rings. The molecule has 17 heavy (non-hydrogen) atoms. The van der Waals surface area contributed by atoms with Crippen molar-refractivity contribution in [3.8, 4) is 0 Å². The van der Waals surface area contributed by atoms with Crippen LogP contribution in [0, 0.1) is 11.3 Å². The standard InChI is InChI=1S/C11H20BrN3S2/c1-11(2,3)8(6-12)7-16-10-14-13-9(17-10)15(4)5/h8H,6-7H2,1-5H3. The zero-order valence-corrected chi connectivity index (χ0v) is 14.2. The van der Waals surface area contributed by atoms with Gasteiger partial charge in [-0.15, -0.1) is 10.2 Å². The maximum atomic E-state index is 4.20. The van der Waals surface area contributed by atoms with Crippen LogP contribution in [0.15, 0.2) is 4.34 Å². The molecule has 0 saturated carbocycles. The van der Waals surface area contributed by atoms with Crippen LogP contribution in [-0.4, -0.2) is 35.4 Å². The molecule has 1 atom stereocenters. The van der Waals surface area contributed by atoms with E-state index >= 15 is 0 Å². The van der Waals surface area contributed by atoms with Gasteiger partial charge in [-0.3, -0.25) is 0 Å². The predicted octanol–water partition coefficient (Wildman–Crippen LogP) is 3.75. The molecule has 1 heterocycles. The second-order valence-electron chi connectivity index (χ2n) is 5.27. The van der Waals surface area contributed by atoms with Crippen LogP contribution in [0.25, 0.3) is 0 Å². The predicted molar refractivity (Wildman–Crippen MR) is 81.7 cm³/mol. The number of nitrogens with zero attached hydrogens (tertiary/aromatic N) is 3. The Hall–Kier alpha value is 0.190. The van der Waals surface area contributed by atoms with Crippen LogP contribution in [0.1, 0.15) is 20.8 Å². The van der Waals surface area contributed by atoms with Crippen molar-refractivity contribution in [3.63, 3.8) is 0 Å². The van der Waals surface area contributed by atoms with Gasteiger partial charge in [-0.25, -0.2) is 0 Å². The smallest absolute Gasteiger partial charge is 0.208 e. The summed E-state index contributed by atoms with van der Waals surface area (Å²) in [5, 5.41) is 10.3. The molecule has 0 aliphatic rings. The van der Waals surface area contributed by atoms with E-state index in [-0.39, 0.29) is 0 Å². The van der Waals surface area contributed by atoms with Crippen molar-refractivity contribution in [2.24, 2.45) is 11.3 Å². The molecule has 1 unspecified atom stereocenters. The summed E-state index contributed by atoms with van der Waals surface area (Å²) in [5.74, 6) is 1.72. The first kappa shape index (κ1) is 15.2. The second-order valence-corrected chi connectivity index (χ2v) is 8.14. The molecule has 6 heteroatoms. The summed E-state index contributed by atoms with van der Waals surface area (Å²) in [6, 6.07) is 0. The van der Waals surface area contributed by atoms with Gasteiger partial charge in [-0.1, -0.05) is 59.8 Å². The third kappa shape index (κ3) is 4.75. The summed E-state index contributed by atoms with van der Waals surface area (Å²) in [5.41, 5.74) is 0.325. The van der Waals surface area contributed by atoms with Gasteiger partial charge < -0.3 is 4.90 Å². The highest BCUT2D eigenvalue weighted by Gasteiger charge is 2.24. The lowest BCUT2D eigenvalue weighted by molar-refractivity contribution is 0.295. The molecule has 0 aromatic carbocycles. The maximum absolute atomic E-state index is 4.20. The van der Waals surface area contributed by atoms with Crippen LogP contribution in [0.5, 0.6) is 0 Å². The van der Waals surface area contributed by atoms with Gasteiger partial charge in [0.15, 0.2) is 4.34 Å². The molecule has 0 bridgehead atoms. The van der Waals surface area contributed by atoms with Crippen LogP contribution in [0.4, 0.5) is 5.13 Å². The molecule has 0 N–H and O–H groups in total. The summed E-state index contributed by atoms with van der Waals surface area (Å²) < 4.78 is 1.06. The Morgan fingerprint density at radius 3 is 2.41 bits per heavy atom. The summed E-state index contributed by atoms with van der Waals surface area (Å²) in [4.78, 5) is 1.99. The summed E-state index contributed by atoms with van der Waals surface area (Å²) in [6.07, 6.45) is 0. The van der Waals surface area contributed by atoms with Gasteiger partial charge in [0.05, 0.1) is 0 Å². The van der Waals surface area contributed by atoms with Crippen LogP contribution in [0.3, 0.4) is 0 Å². The fourth-order valence-corrected chi connectivity index (χ4v) is 4.87. The number of alkyl halides is 1. The number of rotatable bonds is 5. The SMILES string of the molecule is CN(C)c1nnc(SCC(CBr)C(C)(C)C)s1. The molecular formula is C11H20BrN3S2. The van der Waals surface area contributed by atoms with Gasteiger partial charge in [0.1, 0.15) is 0 Å². The maximum Gasteiger partial charge on any atom is 0.208 e. The minimum absolute atomic E-state index is 0.325. The van der Waals surface area contributed by atoms with Crippen LogP contribution in [0.2, 0.25) is 0 Å². The molecule has 0 aliphatic heterocycles. The van der Waals surface area contributed by atoms with E-state index < -0.39 is 0 Å². The highest BCUT2D eigenvalue weighted by molar-refractivity contribution is 9.09. The van der Waals surface area contributed by atoms with Crippen molar-refractivity contribution in [1.82, 2.24) is 10.2 Å². The van der Waals surface area contributed by atoms with Gasteiger partial charge in [-0.2, -0.15) is 0 Å². The Morgan fingerprint density at radius 1 is 1.35 bits per heavy atom. The third-order valence-corrected chi connectivity index (χ3v) is 5.77. The fraction of sp³-hybridized carbons (Fsp3) is 0.818. The average Bonchev–Trinajstić information content (AvgIpc) is 2.65. The largest absolute Gasteiger partial charge is 0.353 e. The summed E-state index contributed by atoms with van der Waals surface area (Å²) in [7, 11) is 3.98. The van der Waals surface area contributed by atoms with E-state index in [4.69, 9.17) is 0 Å². The van der Waals surface area contributed by atoms with E-state index in [1.165, 1.54) is 0 Å². The van der Waals surface area contributed by atoms with Gasteiger partial charge in [0.25, 0.3) is 0 Å². The van der Waals surface area contributed by atoms with Crippen molar-refractivity contribution in [1.29, 1.82) is 0 Å². The molecule has 1 aromatic heterocycles. The van der Waals surface area contributed by atoms with Gasteiger partial charge in [0, 0.05) is 25.2 Å². The molecule has 0 spiro atoms. The van der Waals surface area contributed by atoms with E-state index in [1.807, 2.05) is 19.0 Å². The Kier molecular flexibility index (Phi) is 5.73. The van der Waals surface area contributed by atoms with Gasteiger partial charge in [-0.05, 0) is 11.3 Å². The van der Waals surface area contributed by atoms with Crippen LogP contribution in [-0.2, 0) is 0 Å². The van der Waals surface area contributed by atoms with Gasteiger partial charge in [0.2, 0.25) is 5.13 Å². The monoisotopic (exact) mass is 337 g/mol. The Morgan fingerprint density at radius 2 is 2.00 bits per heavy atom. The van der Waals surface area contributed by atoms with Crippen molar-refractivity contribution >= 4 is 44.2 Å². The molecular weight excluding hydrogens is 318 g/mol. The first-order valence-electron chi connectivity index (χ1n) is 5.54.